The number of thiophene rings is 1. The molecule has 0 radical (unpaired) electrons. The predicted octanol–water partition coefficient (Wildman–Crippen LogP) is 2.59. The Bertz CT molecular complexity index is 436. The molecule has 0 unspecified atom stereocenters. The van der Waals surface area contributed by atoms with Gasteiger partial charge in [0.15, 0.2) is 0 Å². The van der Waals surface area contributed by atoms with Crippen molar-refractivity contribution in [2.75, 3.05) is 19.6 Å². The number of piperidine rings is 1. The van der Waals surface area contributed by atoms with Crippen LogP contribution >= 0.6 is 11.3 Å². The van der Waals surface area contributed by atoms with E-state index in [2.05, 4.69) is 34.4 Å². The van der Waals surface area contributed by atoms with Crippen molar-refractivity contribution in [1.82, 2.24) is 15.5 Å². The molecule has 4 nitrogen and oxygen atoms in total. The van der Waals surface area contributed by atoms with Gasteiger partial charge in [-0.2, -0.15) is 11.3 Å². The van der Waals surface area contributed by atoms with Gasteiger partial charge in [0, 0.05) is 32.2 Å². The average Bonchev–Trinajstić information content (AvgIpc) is 2.91. The van der Waals surface area contributed by atoms with E-state index in [4.69, 9.17) is 0 Å². The summed E-state index contributed by atoms with van der Waals surface area (Å²) in [6, 6.07) is 2.26. The predicted molar refractivity (Wildman–Crippen MR) is 84.0 cm³/mol. The second-order valence-electron chi connectivity index (χ2n) is 5.47. The van der Waals surface area contributed by atoms with Crippen molar-refractivity contribution in [2.45, 2.75) is 32.4 Å². The lowest BCUT2D eigenvalue weighted by Crippen LogP contribution is -2.47. The molecule has 1 aliphatic rings. The quantitative estimate of drug-likeness (QED) is 0.820. The maximum atomic E-state index is 11.8. The highest BCUT2D eigenvalue weighted by Crippen LogP contribution is 2.11. The van der Waals surface area contributed by atoms with Crippen LogP contribution in [-0.4, -0.2) is 36.6 Å². The SMILES string of the molecule is C=C(C)CN1CCC(NC(=O)NCc2ccsc2)CC1. The number of rotatable bonds is 5. The van der Waals surface area contributed by atoms with Gasteiger partial charge in [-0.1, -0.05) is 12.2 Å². The number of hydrogen-bond donors (Lipinski definition) is 2. The van der Waals surface area contributed by atoms with E-state index in [0.717, 1.165) is 38.0 Å². The van der Waals surface area contributed by atoms with Crippen LogP contribution in [0, 0.1) is 0 Å². The summed E-state index contributed by atoms with van der Waals surface area (Å²) in [5.41, 5.74) is 2.35. The molecule has 2 N–H and O–H groups in total. The van der Waals surface area contributed by atoms with Gasteiger partial charge in [-0.05, 0) is 42.2 Å². The molecule has 2 amide bonds. The molecule has 1 aromatic heterocycles. The van der Waals surface area contributed by atoms with E-state index in [9.17, 15) is 4.79 Å². The van der Waals surface area contributed by atoms with Crippen LogP contribution in [0.15, 0.2) is 29.0 Å². The third-order valence-electron chi connectivity index (χ3n) is 3.45. The molecule has 1 aromatic rings. The van der Waals surface area contributed by atoms with Crippen LogP contribution in [0.1, 0.15) is 25.3 Å². The van der Waals surface area contributed by atoms with E-state index in [1.165, 1.54) is 5.57 Å². The van der Waals surface area contributed by atoms with Crippen molar-refractivity contribution >= 4 is 17.4 Å². The molecule has 1 fully saturated rings. The zero-order chi connectivity index (χ0) is 14.4. The number of amides is 2. The summed E-state index contributed by atoms with van der Waals surface area (Å²) >= 11 is 1.65. The maximum Gasteiger partial charge on any atom is 0.315 e. The van der Waals surface area contributed by atoms with E-state index in [-0.39, 0.29) is 6.03 Å². The van der Waals surface area contributed by atoms with Gasteiger partial charge in [0.05, 0.1) is 0 Å². The molecule has 0 atom stereocenters. The van der Waals surface area contributed by atoms with Crippen LogP contribution in [-0.2, 0) is 6.54 Å². The number of nitrogens with one attached hydrogen (secondary N) is 2. The summed E-state index contributed by atoms with van der Waals surface area (Å²) in [4.78, 5) is 14.2. The van der Waals surface area contributed by atoms with Crippen LogP contribution in [0.3, 0.4) is 0 Å². The van der Waals surface area contributed by atoms with Gasteiger partial charge in [0.1, 0.15) is 0 Å². The molecule has 2 heterocycles. The minimum atomic E-state index is -0.0606. The molecule has 0 bridgehead atoms. The summed E-state index contributed by atoms with van der Waals surface area (Å²) in [7, 11) is 0. The summed E-state index contributed by atoms with van der Waals surface area (Å²) in [5, 5.41) is 10.0. The highest BCUT2D eigenvalue weighted by molar-refractivity contribution is 7.07. The molecule has 0 spiro atoms. The highest BCUT2D eigenvalue weighted by Gasteiger charge is 2.20. The molecule has 1 saturated heterocycles. The first-order chi connectivity index (χ1) is 9.63. The van der Waals surface area contributed by atoms with Crippen molar-refractivity contribution in [2.24, 2.45) is 0 Å². The minimum Gasteiger partial charge on any atom is -0.335 e. The molecule has 2 rings (SSSR count). The molecule has 1 aliphatic heterocycles. The van der Waals surface area contributed by atoms with Crippen LogP contribution < -0.4 is 10.6 Å². The average molecular weight is 293 g/mol. The number of likely N-dealkylation sites (tertiary alicyclic amines) is 1. The Hall–Kier alpha value is -1.33. The molecule has 20 heavy (non-hydrogen) atoms. The normalized spacial score (nSPS) is 16.9. The molecular weight excluding hydrogens is 270 g/mol. The Morgan fingerprint density at radius 2 is 2.25 bits per heavy atom. The monoisotopic (exact) mass is 293 g/mol. The largest absolute Gasteiger partial charge is 0.335 e. The van der Waals surface area contributed by atoms with Gasteiger partial charge >= 0.3 is 6.03 Å². The highest BCUT2D eigenvalue weighted by atomic mass is 32.1. The summed E-state index contributed by atoms with van der Waals surface area (Å²) in [6.07, 6.45) is 2.03. The molecule has 5 heteroatoms. The smallest absolute Gasteiger partial charge is 0.315 e. The number of carbonyl (C=O) groups is 1. The number of hydrogen-bond acceptors (Lipinski definition) is 3. The Labute approximate surface area is 124 Å². The van der Waals surface area contributed by atoms with Crippen molar-refractivity contribution in [3.8, 4) is 0 Å². The summed E-state index contributed by atoms with van der Waals surface area (Å²) in [5.74, 6) is 0. The lowest BCUT2D eigenvalue weighted by molar-refractivity contribution is 0.201. The van der Waals surface area contributed by atoms with E-state index in [1.807, 2.05) is 11.4 Å². The Kier molecular flexibility index (Phi) is 5.61. The number of nitrogens with zero attached hydrogens (tertiary/aromatic N) is 1. The summed E-state index contributed by atoms with van der Waals surface area (Å²) < 4.78 is 0. The Morgan fingerprint density at radius 1 is 1.50 bits per heavy atom. The summed E-state index contributed by atoms with van der Waals surface area (Å²) in [6.45, 7) is 9.63. The van der Waals surface area contributed by atoms with Gasteiger partial charge in [-0.3, -0.25) is 4.90 Å². The van der Waals surface area contributed by atoms with Crippen LogP contribution in [0.25, 0.3) is 0 Å². The zero-order valence-electron chi connectivity index (χ0n) is 12.0. The van der Waals surface area contributed by atoms with Gasteiger partial charge in [0.25, 0.3) is 0 Å². The molecule has 110 valence electrons. The third kappa shape index (κ3) is 4.98. The van der Waals surface area contributed by atoms with E-state index >= 15 is 0 Å². The fraction of sp³-hybridized carbons (Fsp3) is 0.533. The van der Waals surface area contributed by atoms with Gasteiger partial charge < -0.3 is 10.6 Å². The van der Waals surface area contributed by atoms with Crippen LogP contribution in [0.5, 0.6) is 0 Å². The van der Waals surface area contributed by atoms with Crippen LogP contribution in [0.4, 0.5) is 4.79 Å². The molecule has 0 aliphatic carbocycles. The molecule has 0 aromatic carbocycles. The second kappa shape index (κ2) is 7.45. The molecular formula is C15H23N3OS. The maximum absolute atomic E-state index is 11.8. The zero-order valence-corrected chi connectivity index (χ0v) is 12.8. The number of carbonyl (C=O) groups excluding carboxylic acids is 1. The standard InChI is InChI=1S/C15H23N3OS/c1-12(2)10-18-6-3-14(4-7-18)17-15(19)16-9-13-5-8-20-11-13/h5,8,11,14H,1,3-4,6-7,9-10H2,2H3,(H2,16,17,19). The fourth-order valence-corrected chi connectivity index (χ4v) is 3.10. The van der Waals surface area contributed by atoms with Crippen LogP contribution in [0.2, 0.25) is 0 Å². The van der Waals surface area contributed by atoms with Gasteiger partial charge in [0.2, 0.25) is 0 Å². The topological polar surface area (TPSA) is 44.4 Å². The minimum absolute atomic E-state index is 0.0606. The first kappa shape index (κ1) is 15.1. The fourth-order valence-electron chi connectivity index (χ4n) is 2.43. The van der Waals surface area contributed by atoms with Crippen molar-refractivity contribution in [1.29, 1.82) is 0 Å². The second-order valence-corrected chi connectivity index (χ2v) is 6.25. The van der Waals surface area contributed by atoms with E-state index in [1.54, 1.807) is 11.3 Å². The third-order valence-corrected chi connectivity index (χ3v) is 4.18. The molecule has 0 saturated carbocycles. The van der Waals surface area contributed by atoms with Gasteiger partial charge in [-0.15, -0.1) is 0 Å². The lowest BCUT2D eigenvalue weighted by atomic mass is 10.0. The first-order valence-corrected chi connectivity index (χ1v) is 8.00. The Morgan fingerprint density at radius 3 is 2.85 bits per heavy atom. The van der Waals surface area contributed by atoms with E-state index < -0.39 is 0 Å². The van der Waals surface area contributed by atoms with E-state index in [0.29, 0.717) is 12.6 Å². The lowest BCUT2D eigenvalue weighted by Gasteiger charge is -2.32. The van der Waals surface area contributed by atoms with Crippen molar-refractivity contribution < 1.29 is 4.79 Å². The Balaban J connectivity index is 1.64. The van der Waals surface area contributed by atoms with Crippen molar-refractivity contribution in [3.63, 3.8) is 0 Å². The van der Waals surface area contributed by atoms with Crippen molar-refractivity contribution in [3.05, 3.63) is 34.5 Å². The number of urea groups is 1. The first-order valence-electron chi connectivity index (χ1n) is 7.05. The van der Waals surface area contributed by atoms with Gasteiger partial charge in [-0.25, -0.2) is 4.79 Å².